The standard InChI is InChI=1S/C103H84N6/c1-7-10-13-16-19-21-22-23-24-25-26-28-31-44-69-103(68-43-30-27-20-17-14-11-8-2)84-52-41-39-50-79(84)81-58-55-77(71-86(81)103)96-90-62-60-88(105-90)73(5)87-59-61-89(104-87)95(76-54-57-80-78-49-38-40-51-83(78)102(6,85(80)70-76)67-42-29-18-15-12-9-3)91-63-65-93(106-91)97(94-66-64-92(96)107-94)82-56-53-72(4)98-101(82)109-100(75-47-36-33-37-48-75)99(108-98)74-45-34-32-35-46-74/h1,32-41,45-66,70-71,104,107H,8-9,11-12,14-15,17-18,20,27,29-30,42-43,67-68H2,2-6H3. The van der Waals surface area contributed by atoms with Crippen LogP contribution in [0.25, 0.3) is 136 Å². The van der Waals surface area contributed by atoms with Gasteiger partial charge in [-0.2, -0.15) is 0 Å². The van der Waals surface area contributed by atoms with Crippen LogP contribution in [0, 0.1) is 109 Å². The molecule has 4 aliphatic rings. The lowest BCUT2D eigenvalue weighted by Crippen LogP contribution is -2.23. The van der Waals surface area contributed by atoms with Gasteiger partial charge in [-0.15, -0.1) is 6.42 Å². The van der Waals surface area contributed by atoms with Crippen LogP contribution in [-0.4, -0.2) is 29.9 Å². The first kappa shape index (κ1) is 71.6. The molecule has 0 fully saturated rings. The molecule has 0 radical (unpaired) electrons. The minimum Gasteiger partial charge on any atom is -0.355 e. The quantitative estimate of drug-likeness (QED) is 0.0555. The van der Waals surface area contributed by atoms with Crippen molar-refractivity contribution in [1.82, 2.24) is 29.9 Å². The Morgan fingerprint density at radius 2 is 0.761 bits per heavy atom. The molecule has 8 bridgehead atoms. The van der Waals surface area contributed by atoms with Crippen LogP contribution in [0.4, 0.5) is 0 Å². The Labute approximate surface area is 643 Å². The predicted molar refractivity (Wildman–Crippen MR) is 455 cm³/mol. The van der Waals surface area contributed by atoms with Crippen molar-refractivity contribution < 1.29 is 0 Å². The van der Waals surface area contributed by atoms with Gasteiger partial charge in [-0.05, 0) is 237 Å². The lowest BCUT2D eigenvalue weighted by molar-refractivity contribution is 0.481. The third-order valence-electron chi connectivity index (χ3n) is 22.1. The summed E-state index contributed by atoms with van der Waals surface area (Å²) in [6, 6.07) is 66.2. The number of nitrogens with zero attached hydrogens (tertiary/aromatic N) is 4. The highest BCUT2D eigenvalue weighted by atomic mass is 14.8. The molecule has 0 amide bonds. The van der Waals surface area contributed by atoms with Crippen molar-refractivity contribution >= 4 is 57.4 Å². The minimum atomic E-state index is -0.699. The molecule has 2 unspecified atom stereocenters. The first-order valence-corrected chi connectivity index (χ1v) is 38.7. The van der Waals surface area contributed by atoms with Gasteiger partial charge < -0.3 is 9.97 Å². The Kier molecular flexibility index (Phi) is 21.5. The number of hydrogen-bond acceptors (Lipinski definition) is 4. The normalized spacial score (nSPS) is 14.2. The summed E-state index contributed by atoms with van der Waals surface area (Å²) in [6.45, 7) is 11.4. The van der Waals surface area contributed by atoms with Crippen LogP contribution in [0.2, 0.25) is 0 Å². The highest BCUT2D eigenvalue weighted by Gasteiger charge is 2.43. The van der Waals surface area contributed by atoms with Crippen LogP contribution < -0.4 is 0 Å². The van der Waals surface area contributed by atoms with Crippen molar-refractivity contribution in [2.75, 3.05) is 0 Å². The summed E-state index contributed by atoms with van der Waals surface area (Å²) in [4.78, 5) is 31.2. The van der Waals surface area contributed by atoms with E-state index in [9.17, 15) is 0 Å². The summed E-state index contributed by atoms with van der Waals surface area (Å²) >= 11 is 0. The van der Waals surface area contributed by atoms with Crippen LogP contribution >= 0.6 is 0 Å². The molecule has 2 aliphatic heterocycles. The van der Waals surface area contributed by atoms with Gasteiger partial charge >= 0.3 is 0 Å². The molecule has 0 saturated heterocycles. The van der Waals surface area contributed by atoms with Crippen LogP contribution in [0.15, 0.2) is 182 Å². The van der Waals surface area contributed by atoms with Gasteiger partial charge in [-0.1, -0.05) is 262 Å². The van der Waals surface area contributed by atoms with E-state index < -0.39 is 5.41 Å². The molecule has 0 saturated carbocycles. The smallest absolute Gasteiger partial charge is 0.0977 e. The zero-order chi connectivity index (χ0) is 74.5. The van der Waals surface area contributed by atoms with Crippen molar-refractivity contribution in [3.8, 4) is 173 Å². The monoisotopic (exact) mass is 1400 g/mol. The topological polar surface area (TPSA) is 83.1 Å². The summed E-state index contributed by atoms with van der Waals surface area (Å²) in [5.41, 5.74) is 29.3. The van der Waals surface area contributed by atoms with Crippen LogP contribution in [-0.2, 0) is 10.8 Å². The Balaban J connectivity index is 0.952. The molecule has 0 spiro atoms. The van der Waals surface area contributed by atoms with Gasteiger partial charge in [0, 0.05) is 60.9 Å². The van der Waals surface area contributed by atoms with E-state index in [4.69, 9.17) is 26.4 Å². The zero-order valence-corrected chi connectivity index (χ0v) is 62.8. The minimum absolute atomic E-state index is 0.177. The molecule has 11 aromatic rings. The van der Waals surface area contributed by atoms with E-state index in [1.54, 1.807) is 0 Å². The van der Waals surface area contributed by atoms with Crippen molar-refractivity contribution in [2.45, 2.75) is 148 Å². The molecule has 2 N–H and O–H groups in total. The number of aromatic amines is 2. The molecule has 6 heteroatoms. The second kappa shape index (κ2) is 32.8. The van der Waals surface area contributed by atoms with Gasteiger partial charge in [-0.3, -0.25) is 0 Å². The SMILES string of the molecule is C#CC#CC#CC#CC#CC#CC#CC#CC1(CCCCCCCCCC)c2ccccc2-c2ccc(-c3c4nc(c(C)c5ccc([nH]5)c(-c5ccc6c(c5)C(C)(CCCCCCCC)c5ccccc5-6)c5nc(c(-c6ccc(C)c7nc(-c8ccccc8)c(-c8ccccc8)nc67)c6ccc3[nH]6)C=C5)C=C4)cc21. The highest BCUT2D eigenvalue weighted by molar-refractivity contribution is 6.05. The molecule has 2 aliphatic carbocycles. The molecule has 4 aromatic heterocycles. The van der Waals surface area contributed by atoms with Gasteiger partial charge in [-0.25, -0.2) is 19.9 Å². The van der Waals surface area contributed by atoms with Crippen LogP contribution in [0.5, 0.6) is 0 Å². The zero-order valence-electron chi connectivity index (χ0n) is 62.8. The van der Waals surface area contributed by atoms with E-state index in [0.29, 0.717) is 0 Å². The van der Waals surface area contributed by atoms with Crippen molar-refractivity contribution in [1.29, 1.82) is 0 Å². The van der Waals surface area contributed by atoms with Crippen molar-refractivity contribution in [2.24, 2.45) is 0 Å². The summed E-state index contributed by atoms with van der Waals surface area (Å²) in [5, 5.41) is 0. The Hall–Kier alpha value is -13.0. The molecular weight excluding hydrogens is 1320 g/mol. The number of hydrogen-bond donors (Lipinski definition) is 2. The number of unbranched alkanes of at least 4 members (excludes halogenated alkanes) is 12. The van der Waals surface area contributed by atoms with Gasteiger partial charge in [0.25, 0.3) is 0 Å². The first-order valence-electron chi connectivity index (χ1n) is 38.7. The fourth-order valence-electron chi connectivity index (χ4n) is 16.6. The van der Waals surface area contributed by atoms with Gasteiger partial charge in [0.05, 0.1) is 50.6 Å². The summed E-state index contributed by atoms with van der Waals surface area (Å²) in [7, 11) is 0. The summed E-state index contributed by atoms with van der Waals surface area (Å²) < 4.78 is 0. The van der Waals surface area contributed by atoms with E-state index >= 15 is 0 Å². The van der Waals surface area contributed by atoms with E-state index in [2.05, 4.69) is 334 Å². The molecule has 7 aromatic carbocycles. The second-order valence-electron chi connectivity index (χ2n) is 29.0. The Bertz CT molecular complexity index is 6200. The largest absolute Gasteiger partial charge is 0.355 e. The molecule has 15 rings (SSSR count). The maximum absolute atomic E-state index is 5.92. The Morgan fingerprint density at radius 3 is 1.35 bits per heavy atom. The third kappa shape index (κ3) is 14.6. The maximum Gasteiger partial charge on any atom is 0.0977 e. The number of fused-ring (bicyclic) bond motifs is 15. The van der Waals surface area contributed by atoms with Gasteiger partial charge in [0.15, 0.2) is 0 Å². The van der Waals surface area contributed by atoms with E-state index in [0.717, 1.165) is 166 Å². The van der Waals surface area contributed by atoms with Crippen LogP contribution in [0.3, 0.4) is 0 Å². The lowest BCUT2D eigenvalue weighted by atomic mass is 9.74. The number of aryl methyl sites for hydroxylation is 2. The Morgan fingerprint density at radius 1 is 0.339 bits per heavy atom. The number of benzene rings is 7. The number of aromatic nitrogens is 6. The highest BCUT2D eigenvalue weighted by Crippen LogP contribution is 2.55. The molecule has 109 heavy (non-hydrogen) atoms. The van der Waals surface area contributed by atoms with Gasteiger partial charge in [0.2, 0.25) is 0 Å². The second-order valence-corrected chi connectivity index (χ2v) is 29.0. The first-order chi connectivity index (χ1) is 53.7. The number of rotatable bonds is 21. The molecule has 6 nitrogen and oxygen atoms in total. The maximum atomic E-state index is 5.92. The average Bonchev–Trinajstić information content (AvgIpc) is 1.61. The van der Waals surface area contributed by atoms with Crippen LogP contribution in [0.1, 0.15) is 180 Å². The number of nitrogens with one attached hydrogen (secondary N) is 2. The third-order valence-corrected chi connectivity index (χ3v) is 22.1. The molecule has 6 heterocycles. The number of H-pyrrole nitrogens is 2. The summed E-state index contributed by atoms with van der Waals surface area (Å²) in [5.74, 6) is 42.1. The lowest BCUT2D eigenvalue weighted by Gasteiger charge is -2.28. The van der Waals surface area contributed by atoms with E-state index in [-0.39, 0.29) is 5.41 Å². The average molecular weight is 1410 g/mol. The summed E-state index contributed by atoms with van der Waals surface area (Å²) in [6.07, 6.45) is 32.8. The molecule has 526 valence electrons. The molecular formula is C103H84N6. The fourth-order valence-corrected chi connectivity index (χ4v) is 16.6. The van der Waals surface area contributed by atoms with E-state index in [1.165, 1.54) is 104 Å². The van der Waals surface area contributed by atoms with E-state index in [1.807, 2.05) is 6.07 Å². The predicted octanol–water partition coefficient (Wildman–Crippen LogP) is 24.0. The van der Waals surface area contributed by atoms with Crippen molar-refractivity contribution in [3.05, 3.63) is 238 Å². The number of terminal acetylenes is 1. The molecule has 2 atom stereocenters. The van der Waals surface area contributed by atoms with Crippen molar-refractivity contribution in [3.63, 3.8) is 0 Å². The van der Waals surface area contributed by atoms with Gasteiger partial charge in [0.1, 0.15) is 0 Å². The fraction of sp³-hybridized carbons (Fsp3) is 0.223.